The lowest BCUT2D eigenvalue weighted by atomic mass is 9.91. The normalized spacial score (nSPS) is 12.9. The van der Waals surface area contributed by atoms with Gasteiger partial charge in [-0.05, 0) is 30.7 Å². The van der Waals surface area contributed by atoms with E-state index < -0.39 is 34.8 Å². The van der Waals surface area contributed by atoms with Crippen LogP contribution in [0.2, 0.25) is 0 Å². The fourth-order valence-electron chi connectivity index (χ4n) is 2.40. The highest BCUT2D eigenvalue weighted by Gasteiger charge is 2.36. The fourth-order valence-corrected chi connectivity index (χ4v) is 2.40. The number of carbonyl (C=O) groups is 3. The lowest BCUT2D eigenvalue weighted by molar-refractivity contribution is -0.147. The molecule has 1 amide bonds. The molecule has 0 aliphatic rings. The first-order valence-corrected chi connectivity index (χ1v) is 7.82. The Hall–Kier alpha value is -3.09. The molecule has 2 N–H and O–H groups in total. The zero-order valence-corrected chi connectivity index (χ0v) is 14.0. The van der Waals surface area contributed by atoms with Crippen molar-refractivity contribution < 1.29 is 28.3 Å². The first-order chi connectivity index (χ1) is 12.2. The SMILES string of the molecule is CC(NC(=O)CCC(=O)c1ccc(F)c(F)c1)(C(=O)O)c1ccccc1. The van der Waals surface area contributed by atoms with Gasteiger partial charge in [0.15, 0.2) is 23.0 Å². The molecule has 136 valence electrons. The molecule has 0 radical (unpaired) electrons. The number of amides is 1. The van der Waals surface area contributed by atoms with Gasteiger partial charge in [0.25, 0.3) is 0 Å². The fraction of sp³-hybridized carbons (Fsp3) is 0.211. The van der Waals surface area contributed by atoms with Crippen LogP contribution < -0.4 is 5.32 Å². The highest BCUT2D eigenvalue weighted by molar-refractivity contribution is 5.98. The molecule has 0 fully saturated rings. The quantitative estimate of drug-likeness (QED) is 0.743. The minimum atomic E-state index is -1.65. The molecule has 0 aliphatic heterocycles. The van der Waals surface area contributed by atoms with Gasteiger partial charge in [0.2, 0.25) is 5.91 Å². The Balaban J connectivity index is 2.03. The van der Waals surface area contributed by atoms with Crippen LogP contribution in [0.4, 0.5) is 8.78 Å². The van der Waals surface area contributed by atoms with E-state index in [1.54, 1.807) is 30.3 Å². The topological polar surface area (TPSA) is 83.5 Å². The monoisotopic (exact) mass is 361 g/mol. The molecule has 7 heteroatoms. The summed E-state index contributed by atoms with van der Waals surface area (Å²) in [6, 6.07) is 10.9. The van der Waals surface area contributed by atoms with Crippen LogP contribution in [0.25, 0.3) is 0 Å². The molecule has 26 heavy (non-hydrogen) atoms. The lowest BCUT2D eigenvalue weighted by Gasteiger charge is -2.26. The number of rotatable bonds is 7. The maximum Gasteiger partial charge on any atom is 0.333 e. The second-order valence-electron chi connectivity index (χ2n) is 5.90. The van der Waals surface area contributed by atoms with Crippen molar-refractivity contribution in [2.75, 3.05) is 0 Å². The Bertz CT molecular complexity index is 839. The van der Waals surface area contributed by atoms with Crippen LogP contribution in [-0.2, 0) is 15.1 Å². The van der Waals surface area contributed by atoms with Crippen LogP contribution in [0.1, 0.15) is 35.7 Å². The Morgan fingerprint density at radius 2 is 1.65 bits per heavy atom. The number of carboxylic acid groups (broad SMARTS) is 1. The Morgan fingerprint density at radius 1 is 1.00 bits per heavy atom. The number of ketones is 1. The minimum absolute atomic E-state index is 0.0549. The molecule has 0 saturated carbocycles. The summed E-state index contributed by atoms with van der Waals surface area (Å²) in [5.74, 6) is -4.66. The predicted molar refractivity (Wildman–Crippen MR) is 89.5 cm³/mol. The second kappa shape index (κ2) is 7.86. The van der Waals surface area contributed by atoms with Crippen molar-refractivity contribution in [1.29, 1.82) is 0 Å². The molecule has 0 aromatic heterocycles. The van der Waals surface area contributed by atoms with Gasteiger partial charge in [0, 0.05) is 18.4 Å². The van der Waals surface area contributed by atoms with Gasteiger partial charge in [-0.2, -0.15) is 0 Å². The molecule has 1 unspecified atom stereocenters. The number of carbonyl (C=O) groups excluding carboxylic acids is 2. The van der Waals surface area contributed by atoms with Crippen molar-refractivity contribution in [3.8, 4) is 0 Å². The summed E-state index contributed by atoms with van der Waals surface area (Å²) in [5.41, 5.74) is -1.32. The van der Waals surface area contributed by atoms with E-state index >= 15 is 0 Å². The molecule has 2 aromatic carbocycles. The molecule has 2 rings (SSSR count). The zero-order valence-electron chi connectivity index (χ0n) is 14.0. The molecular formula is C19H17F2NO4. The van der Waals surface area contributed by atoms with E-state index in [4.69, 9.17) is 0 Å². The van der Waals surface area contributed by atoms with Crippen LogP contribution in [0.15, 0.2) is 48.5 Å². The summed E-state index contributed by atoms with van der Waals surface area (Å²) in [6.45, 7) is 1.35. The maximum absolute atomic E-state index is 13.2. The van der Waals surface area contributed by atoms with Crippen molar-refractivity contribution in [3.63, 3.8) is 0 Å². The van der Waals surface area contributed by atoms with Crippen LogP contribution in [0.5, 0.6) is 0 Å². The van der Waals surface area contributed by atoms with Crippen LogP contribution >= 0.6 is 0 Å². The number of nitrogens with one attached hydrogen (secondary N) is 1. The average molecular weight is 361 g/mol. The zero-order chi connectivity index (χ0) is 19.3. The predicted octanol–water partition coefficient (Wildman–Crippen LogP) is 3.04. The van der Waals surface area contributed by atoms with Gasteiger partial charge >= 0.3 is 5.97 Å². The molecule has 0 spiro atoms. The minimum Gasteiger partial charge on any atom is -0.479 e. The van der Waals surface area contributed by atoms with Gasteiger partial charge in [-0.1, -0.05) is 30.3 Å². The van der Waals surface area contributed by atoms with Crippen LogP contribution in [0.3, 0.4) is 0 Å². The molecule has 2 aromatic rings. The summed E-state index contributed by atoms with van der Waals surface area (Å²) in [5, 5.41) is 11.9. The number of hydrogen-bond donors (Lipinski definition) is 2. The third kappa shape index (κ3) is 4.30. The number of aliphatic carboxylic acids is 1. The summed E-state index contributed by atoms with van der Waals surface area (Å²) in [4.78, 5) is 35.8. The van der Waals surface area contributed by atoms with Gasteiger partial charge in [0.05, 0.1) is 0 Å². The van der Waals surface area contributed by atoms with Crippen LogP contribution in [-0.4, -0.2) is 22.8 Å². The van der Waals surface area contributed by atoms with Crippen molar-refractivity contribution >= 4 is 17.7 Å². The van der Waals surface area contributed by atoms with E-state index in [1.165, 1.54) is 6.92 Å². The van der Waals surface area contributed by atoms with Gasteiger partial charge in [0.1, 0.15) is 0 Å². The number of halogens is 2. The van der Waals surface area contributed by atoms with Crippen molar-refractivity contribution in [1.82, 2.24) is 5.32 Å². The maximum atomic E-state index is 13.2. The van der Waals surface area contributed by atoms with E-state index in [1.807, 2.05) is 0 Å². The van der Waals surface area contributed by atoms with E-state index in [2.05, 4.69) is 5.32 Å². The highest BCUT2D eigenvalue weighted by atomic mass is 19.2. The Labute approximate surface area is 148 Å². The van der Waals surface area contributed by atoms with Crippen molar-refractivity contribution in [2.24, 2.45) is 0 Å². The standard InChI is InChI=1S/C19H17F2NO4/c1-19(18(25)26,13-5-3-2-4-6-13)22-17(24)10-9-16(23)12-7-8-14(20)15(21)11-12/h2-8,11H,9-10H2,1H3,(H,22,24)(H,25,26). The Morgan fingerprint density at radius 3 is 2.23 bits per heavy atom. The number of hydrogen-bond acceptors (Lipinski definition) is 3. The molecule has 0 heterocycles. The highest BCUT2D eigenvalue weighted by Crippen LogP contribution is 2.21. The van der Waals surface area contributed by atoms with Gasteiger partial charge in [-0.3, -0.25) is 9.59 Å². The number of Topliss-reactive ketones (excluding diaryl/α,β-unsaturated/α-hetero) is 1. The van der Waals surface area contributed by atoms with E-state index in [-0.39, 0.29) is 18.4 Å². The van der Waals surface area contributed by atoms with E-state index in [0.29, 0.717) is 5.56 Å². The second-order valence-corrected chi connectivity index (χ2v) is 5.90. The molecule has 0 aliphatic carbocycles. The van der Waals surface area contributed by atoms with E-state index in [9.17, 15) is 28.3 Å². The number of benzene rings is 2. The first kappa shape index (κ1) is 19.2. The summed E-state index contributed by atoms with van der Waals surface area (Å²) < 4.78 is 26.1. The van der Waals surface area contributed by atoms with Gasteiger partial charge in [-0.25, -0.2) is 13.6 Å². The average Bonchev–Trinajstić information content (AvgIpc) is 2.62. The molecular weight excluding hydrogens is 344 g/mol. The largest absolute Gasteiger partial charge is 0.479 e. The smallest absolute Gasteiger partial charge is 0.333 e. The van der Waals surface area contributed by atoms with Crippen molar-refractivity contribution in [3.05, 3.63) is 71.3 Å². The third-order valence-electron chi connectivity index (χ3n) is 3.99. The Kier molecular flexibility index (Phi) is 5.82. The molecule has 0 saturated heterocycles. The summed E-state index contributed by atoms with van der Waals surface area (Å²) in [7, 11) is 0. The number of carboxylic acids is 1. The van der Waals surface area contributed by atoms with Gasteiger partial charge in [-0.15, -0.1) is 0 Å². The third-order valence-corrected chi connectivity index (χ3v) is 3.99. The van der Waals surface area contributed by atoms with Crippen molar-refractivity contribution in [2.45, 2.75) is 25.3 Å². The summed E-state index contributed by atoms with van der Waals surface area (Å²) in [6.07, 6.45) is -0.547. The van der Waals surface area contributed by atoms with Gasteiger partial charge < -0.3 is 10.4 Å². The first-order valence-electron chi connectivity index (χ1n) is 7.82. The van der Waals surface area contributed by atoms with Crippen LogP contribution in [0, 0.1) is 11.6 Å². The van der Waals surface area contributed by atoms with E-state index in [0.717, 1.165) is 18.2 Å². The summed E-state index contributed by atoms with van der Waals surface area (Å²) >= 11 is 0. The lowest BCUT2D eigenvalue weighted by Crippen LogP contribution is -2.49. The molecule has 5 nitrogen and oxygen atoms in total. The molecule has 0 bridgehead atoms. The molecule has 1 atom stereocenters.